The highest BCUT2D eigenvalue weighted by atomic mass is 35.5. The molecule has 3 rings (SSSR count). The van der Waals surface area contributed by atoms with Crippen molar-refractivity contribution in [3.8, 4) is 0 Å². The Morgan fingerprint density at radius 1 is 1.33 bits per heavy atom. The molecule has 21 heavy (non-hydrogen) atoms. The van der Waals surface area contributed by atoms with Crippen LogP contribution in [0, 0.1) is 11.8 Å². The number of hydrogen-bond acceptors (Lipinski definition) is 3. The number of hydrogen-bond donors (Lipinski definition) is 3. The van der Waals surface area contributed by atoms with E-state index in [1.807, 2.05) is 25.1 Å². The SMILES string of the molecule is CC(C(=O)Nc1ccc2c(c1)CCC(=O)N2)C1CNC1.Cl. The van der Waals surface area contributed by atoms with Gasteiger partial charge in [-0.2, -0.15) is 0 Å². The third kappa shape index (κ3) is 3.36. The van der Waals surface area contributed by atoms with Crippen molar-refractivity contribution in [2.45, 2.75) is 19.8 Å². The third-order valence-corrected chi connectivity index (χ3v) is 4.20. The van der Waals surface area contributed by atoms with Crippen LogP contribution >= 0.6 is 12.4 Å². The Balaban J connectivity index is 0.00000161. The summed E-state index contributed by atoms with van der Waals surface area (Å²) in [6.07, 6.45) is 1.24. The summed E-state index contributed by atoms with van der Waals surface area (Å²) in [4.78, 5) is 23.5. The van der Waals surface area contributed by atoms with Crippen LogP contribution in [0.2, 0.25) is 0 Å². The van der Waals surface area contributed by atoms with Crippen molar-refractivity contribution in [1.29, 1.82) is 0 Å². The molecule has 2 aliphatic heterocycles. The van der Waals surface area contributed by atoms with Gasteiger partial charge in [0.25, 0.3) is 0 Å². The van der Waals surface area contributed by atoms with Gasteiger partial charge < -0.3 is 16.0 Å². The second kappa shape index (κ2) is 6.45. The van der Waals surface area contributed by atoms with Crippen molar-refractivity contribution in [2.75, 3.05) is 23.7 Å². The van der Waals surface area contributed by atoms with Crippen molar-refractivity contribution in [3.63, 3.8) is 0 Å². The van der Waals surface area contributed by atoms with Gasteiger partial charge in [0.15, 0.2) is 0 Å². The zero-order valence-corrected chi connectivity index (χ0v) is 12.8. The first kappa shape index (κ1) is 15.8. The molecule has 0 radical (unpaired) electrons. The first-order valence-electron chi connectivity index (χ1n) is 7.08. The largest absolute Gasteiger partial charge is 0.326 e. The van der Waals surface area contributed by atoms with E-state index in [0.717, 1.165) is 36.4 Å². The molecule has 0 spiro atoms. The summed E-state index contributed by atoms with van der Waals surface area (Å²) in [5.74, 6) is 0.579. The highest BCUT2D eigenvalue weighted by molar-refractivity contribution is 5.96. The zero-order chi connectivity index (χ0) is 14.1. The lowest BCUT2D eigenvalue weighted by atomic mass is 9.88. The van der Waals surface area contributed by atoms with Crippen LogP contribution in [-0.2, 0) is 16.0 Å². The summed E-state index contributed by atoms with van der Waals surface area (Å²) < 4.78 is 0. The molecular formula is C15H20ClN3O2. The van der Waals surface area contributed by atoms with Crippen molar-refractivity contribution < 1.29 is 9.59 Å². The molecule has 1 atom stereocenters. The summed E-state index contributed by atoms with van der Waals surface area (Å²) >= 11 is 0. The molecule has 2 aliphatic rings. The number of amides is 2. The number of carbonyl (C=O) groups is 2. The zero-order valence-electron chi connectivity index (χ0n) is 11.9. The number of anilines is 2. The minimum atomic E-state index is 0. The molecule has 1 aromatic carbocycles. The molecule has 1 saturated heterocycles. The van der Waals surface area contributed by atoms with E-state index in [2.05, 4.69) is 16.0 Å². The first-order valence-corrected chi connectivity index (χ1v) is 7.08. The van der Waals surface area contributed by atoms with Crippen molar-refractivity contribution >= 4 is 35.6 Å². The van der Waals surface area contributed by atoms with Gasteiger partial charge in [-0.1, -0.05) is 6.92 Å². The smallest absolute Gasteiger partial charge is 0.227 e. The van der Waals surface area contributed by atoms with Gasteiger partial charge in [-0.15, -0.1) is 12.4 Å². The second-order valence-electron chi connectivity index (χ2n) is 5.62. The van der Waals surface area contributed by atoms with E-state index in [1.165, 1.54) is 0 Å². The number of carbonyl (C=O) groups excluding carboxylic acids is 2. The Morgan fingerprint density at radius 3 is 2.76 bits per heavy atom. The molecule has 5 nitrogen and oxygen atoms in total. The van der Waals surface area contributed by atoms with Crippen LogP contribution in [0.1, 0.15) is 18.9 Å². The molecule has 2 amide bonds. The molecule has 3 N–H and O–H groups in total. The second-order valence-corrected chi connectivity index (χ2v) is 5.62. The lowest BCUT2D eigenvalue weighted by Crippen LogP contribution is -2.48. The standard InChI is InChI=1S/C15H19N3O2.ClH/c1-9(11-7-16-8-11)15(20)17-12-3-4-13-10(6-12)2-5-14(19)18-13;/h3-4,6,9,11,16H,2,5,7-8H2,1H3,(H,17,20)(H,18,19);1H. The van der Waals surface area contributed by atoms with Crippen LogP contribution < -0.4 is 16.0 Å². The number of rotatable bonds is 3. The number of aryl methyl sites for hydroxylation is 1. The number of benzene rings is 1. The van der Waals surface area contributed by atoms with E-state index in [4.69, 9.17) is 0 Å². The predicted octanol–water partition coefficient (Wildman–Crippen LogP) is 1.79. The number of nitrogens with one attached hydrogen (secondary N) is 3. The molecule has 0 bridgehead atoms. The van der Waals surface area contributed by atoms with Crippen molar-refractivity contribution in [2.24, 2.45) is 11.8 Å². The monoisotopic (exact) mass is 309 g/mol. The molecule has 1 fully saturated rings. The number of halogens is 1. The normalized spacial score (nSPS) is 18.6. The van der Waals surface area contributed by atoms with E-state index in [9.17, 15) is 9.59 Å². The van der Waals surface area contributed by atoms with Gasteiger partial charge in [0, 0.05) is 23.7 Å². The van der Waals surface area contributed by atoms with Crippen molar-refractivity contribution in [3.05, 3.63) is 23.8 Å². The Morgan fingerprint density at radius 2 is 2.10 bits per heavy atom. The summed E-state index contributed by atoms with van der Waals surface area (Å²) in [5, 5.41) is 9.00. The van der Waals surface area contributed by atoms with Crippen LogP contribution in [0.25, 0.3) is 0 Å². The summed E-state index contributed by atoms with van der Waals surface area (Å²) in [5.41, 5.74) is 2.75. The molecule has 114 valence electrons. The van der Waals surface area contributed by atoms with Gasteiger partial charge in [-0.05, 0) is 49.2 Å². The minimum Gasteiger partial charge on any atom is -0.326 e. The van der Waals surface area contributed by atoms with Gasteiger partial charge in [0.05, 0.1) is 0 Å². The molecule has 2 heterocycles. The van der Waals surface area contributed by atoms with Gasteiger partial charge in [0.1, 0.15) is 0 Å². The maximum atomic E-state index is 12.2. The van der Waals surface area contributed by atoms with Crippen LogP contribution in [0.5, 0.6) is 0 Å². The van der Waals surface area contributed by atoms with E-state index >= 15 is 0 Å². The van der Waals surface area contributed by atoms with Gasteiger partial charge in [-0.25, -0.2) is 0 Å². The average molecular weight is 310 g/mol. The lowest BCUT2D eigenvalue weighted by molar-refractivity contribution is -0.121. The highest BCUT2D eigenvalue weighted by Crippen LogP contribution is 2.26. The highest BCUT2D eigenvalue weighted by Gasteiger charge is 2.28. The fraction of sp³-hybridized carbons (Fsp3) is 0.467. The Hall–Kier alpha value is -1.59. The van der Waals surface area contributed by atoms with Crippen LogP contribution in [0.3, 0.4) is 0 Å². The van der Waals surface area contributed by atoms with E-state index in [-0.39, 0.29) is 30.1 Å². The maximum Gasteiger partial charge on any atom is 0.227 e. The molecule has 0 aliphatic carbocycles. The molecule has 6 heteroatoms. The van der Waals surface area contributed by atoms with E-state index in [1.54, 1.807) is 0 Å². The fourth-order valence-electron chi connectivity index (χ4n) is 2.60. The maximum absolute atomic E-state index is 12.2. The molecule has 0 aromatic heterocycles. The third-order valence-electron chi connectivity index (χ3n) is 4.20. The molecule has 1 aromatic rings. The van der Waals surface area contributed by atoms with Crippen LogP contribution in [-0.4, -0.2) is 24.9 Å². The van der Waals surface area contributed by atoms with Gasteiger partial charge >= 0.3 is 0 Å². The van der Waals surface area contributed by atoms with Crippen molar-refractivity contribution in [1.82, 2.24) is 5.32 Å². The number of fused-ring (bicyclic) bond motifs is 1. The summed E-state index contributed by atoms with van der Waals surface area (Å²) in [7, 11) is 0. The van der Waals surface area contributed by atoms with E-state index in [0.29, 0.717) is 12.3 Å². The Labute approximate surface area is 130 Å². The Bertz CT molecular complexity index is 558. The van der Waals surface area contributed by atoms with Crippen LogP contribution in [0.15, 0.2) is 18.2 Å². The first-order chi connectivity index (χ1) is 9.63. The topological polar surface area (TPSA) is 70.2 Å². The Kier molecular flexibility index (Phi) is 4.85. The lowest BCUT2D eigenvalue weighted by Gasteiger charge is -2.31. The molecule has 1 unspecified atom stereocenters. The van der Waals surface area contributed by atoms with Gasteiger partial charge in [0.2, 0.25) is 11.8 Å². The summed E-state index contributed by atoms with van der Waals surface area (Å²) in [6, 6.07) is 5.66. The average Bonchev–Trinajstić information content (AvgIpc) is 2.37. The molecule has 0 saturated carbocycles. The fourth-order valence-corrected chi connectivity index (χ4v) is 2.60. The summed E-state index contributed by atoms with van der Waals surface area (Å²) in [6.45, 7) is 3.81. The quantitative estimate of drug-likeness (QED) is 0.797. The minimum absolute atomic E-state index is 0. The predicted molar refractivity (Wildman–Crippen MR) is 84.8 cm³/mol. The molecular weight excluding hydrogens is 290 g/mol. The van der Waals surface area contributed by atoms with E-state index < -0.39 is 0 Å². The van der Waals surface area contributed by atoms with Gasteiger partial charge in [-0.3, -0.25) is 9.59 Å². The van der Waals surface area contributed by atoms with Crippen LogP contribution in [0.4, 0.5) is 11.4 Å².